The highest BCUT2D eigenvalue weighted by Gasteiger charge is 2.27. The molecule has 3 nitrogen and oxygen atoms in total. The van der Waals surface area contributed by atoms with E-state index in [1.807, 2.05) is 26.8 Å². The summed E-state index contributed by atoms with van der Waals surface area (Å²) in [6, 6.07) is 1.85. The third-order valence-corrected chi connectivity index (χ3v) is 2.82. The van der Waals surface area contributed by atoms with Crippen molar-refractivity contribution in [3.63, 3.8) is 0 Å². The maximum absolute atomic E-state index is 6.09. The van der Waals surface area contributed by atoms with E-state index in [1.165, 1.54) is 0 Å². The van der Waals surface area contributed by atoms with Crippen LogP contribution < -0.4 is 15.2 Å². The lowest BCUT2D eigenvalue weighted by molar-refractivity contribution is 0.173. The van der Waals surface area contributed by atoms with Crippen LogP contribution in [0.25, 0.3) is 0 Å². The average Bonchev–Trinajstić information content (AvgIpc) is 2.58. The second kappa shape index (κ2) is 3.29. The Balaban J connectivity index is 2.65. The summed E-state index contributed by atoms with van der Waals surface area (Å²) in [4.78, 5) is 0. The van der Waals surface area contributed by atoms with E-state index < -0.39 is 5.54 Å². The molecule has 0 atom stereocenters. The summed E-state index contributed by atoms with van der Waals surface area (Å²) in [5.41, 5.74) is 7.61. The van der Waals surface area contributed by atoms with Gasteiger partial charge in [-0.15, -0.1) is 0 Å². The smallest absolute Gasteiger partial charge is 0.231 e. The van der Waals surface area contributed by atoms with Crippen molar-refractivity contribution in [2.24, 2.45) is 5.73 Å². The molecule has 1 heterocycles. The number of ether oxygens (including phenoxy) is 2. The quantitative estimate of drug-likeness (QED) is 0.802. The highest BCUT2D eigenvalue weighted by atomic mass is 35.5. The number of nitrogens with two attached hydrogens (primary N) is 1. The van der Waals surface area contributed by atoms with E-state index in [2.05, 4.69) is 0 Å². The van der Waals surface area contributed by atoms with E-state index in [1.54, 1.807) is 0 Å². The van der Waals surface area contributed by atoms with Gasteiger partial charge in [-0.25, -0.2) is 0 Å². The van der Waals surface area contributed by atoms with Gasteiger partial charge in [-0.3, -0.25) is 0 Å². The van der Waals surface area contributed by atoms with Crippen molar-refractivity contribution < 1.29 is 9.47 Å². The molecule has 0 radical (unpaired) electrons. The van der Waals surface area contributed by atoms with Gasteiger partial charge < -0.3 is 15.2 Å². The van der Waals surface area contributed by atoms with Gasteiger partial charge in [-0.05, 0) is 32.4 Å². The van der Waals surface area contributed by atoms with Gasteiger partial charge in [0.25, 0.3) is 0 Å². The van der Waals surface area contributed by atoms with E-state index >= 15 is 0 Å². The van der Waals surface area contributed by atoms with Crippen molar-refractivity contribution in [3.05, 3.63) is 22.2 Å². The van der Waals surface area contributed by atoms with Crippen molar-refractivity contribution in [3.8, 4) is 11.5 Å². The molecule has 0 amide bonds. The molecule has 0 spiro atoms. The first-order chi connectivity index (χ1) is 6.91. The molecule has 4 heteroatoms. The normalized spacial score (nSPS) is 14.5. The Morgan fingerprint density at radius 2 is 1.93 bits per heavy atom. The second-order valence-corrected chi connectivity index (χ2v) is 4.72. The van der Waals surface area contributed by atoms with Gasteiger partial charge in [0.15, 0.2) is 11.5 Å². The molecule has 0 unspecified atom stereocenters. The predicted molar refractivity (Wildman–Crippen MR) is 59.5 cm³/mol. The van der Waals surface area contributed by atoms with E-state index in [9.17, 15) is 0 Å². The molecule has 1 aromatic rings. The van der Waals surface area contributed by atoms with Crippen LogP contribution in [-0.4, -0.2) is 6.79 Å². The Morgan fingerprint density at radius 3 is 2.53 bits per heavy atom. The summed E-state index contributed by atoms with van der Waals surface area (Å²) in [5.74, 6) is 1.35. The second-order valence-electron chi connectivity index (χ2n) is 4.32. The van der Waals surface area contributed by atoms with Gasteiger partial charge in [0.2, 0.25) is 6.79 Å². The summed E-state index contributed by atoms with van der Waals surface area (Å²) in [6.07, 6.45) is 0. The zero-order valence-corrected chi connectivity index (χ0v) is 9.81. The summed E-state index contributed by atoms with van der Waals surface area (Å²) in [6.45, 7) is 6.07. The van der Waals surface area contributed by atoms with Crippen LogP contribution in [0.5, 0.6) is 11.5 Å². The standard InChI is InChI=1S/C11H14ClNO2/c1-6-7(11(2,3)13)4-8(12)10-9(6)14-5-15-10/h4H,5,13H2,1-3H3. The topological polar surface area (TPSA) is 44.5 Å². The number of rotatable bonds is 1. The third-order valence-electron chi connectivity index (χ3n) is 2.54. The van der Waals surface area contributed by atoms with Gasteiger partial charge in [-0.1, -0.05) is 11.6 Å². The third kappa shape index (κ3) is 1.66. The number of benzene rings is 1. The number of hydrogen-bond donors (Lipinski definition) is 1. The Bertz CT molecular complexity index is 410. The molecule has 2 N–H and O–H groups in total. The van der Waals surface area contributed by atoms with Gasteiger partial charge >= 0.3 is 0 Å². The van der Waals surface area contributed by atoms with Crippen LogP contribution in [0.15, 0.2) is 6.07 Å². The van der Waals surface area contributed by atoms with Crippen LogP contribution >= 0.6 is 11.6 Å². The zero-order valence-electron chi connectivity index (χ0n) is 9.06. The molecule has 15 heavy (non-hydrogen) atoms. The summed E-state index contributed by atoms with van der Waals surface area (Å²) in [5, 5.41) is 0.557. The largest absolute Gasteiger partial charge is 0.453 e. The fourth-order valence-corrected chi connectivity index (χ4v) is 2.08. The first-order valence-electron chi connectivity index (χ1n) is 4.79. The van der Waals surface area contributed by atoms with Gasteiger partial charge in [0.05, 0.1) is 5.02 Å². The van der Waals surface area contributed by atoms with Crippen molar-refractivity contribution in [2.45, 2.75) is 26.3 Å². The molecular weight excluding hydrogens is 214 g/mol. The lowest BCUT2D eigenvalue weighted by Gasteiger charge is -2.22. The van der Waals surface area contributed by atoms with Crippen molar-refractivity contribution >= 4 is 11.6 Å². The van der Waals surface area contributed by atoms with Crippen LogP contribution in [0, 0.1) is 6.92 Å². The van der Waals surface area contributed by atoms with Crippen LogP contribution in [-0.2, 0) is 5.54 Å². The van der Waals surface area contributed by atoms with Crippen LogP contribution in [0.1, 0.15) is 25.0 Å². The van der Waals surface area contributed by atoms with Crippen LogP contribution in [0.2, 0.25) is 5.02 Å². The molecule has 0 aromatic heterocycles. The molecule has 0 fully saturated rings. The zero-order chi connectivity index (χ0) is 11.2. The van der Waals surface area contributed by atoms with Crippen molar-refractivity contribution in [1.29, 1.82) is 0 Å². The molecular formula is C11H14ClNO2. The first-order valence-corrected chi connectivity index (χ1v) is 5.17. The van der Waals surface area contributed by atoms with E-state index in [0.29, 0.717) is 10.8 Å². The summed E-state index contributed by atoms with van der Waals surface area (Å²) in [7, 11) is 0. The molecule has 2 rings (SSSR count). The fraction of sp³-hybridized carbons (Fsp3) is 0.455. The molecule has 0 bridgehead atoms. The lowest BCUT2D eigenvalue weighted by Crippen LogP contribution is -2.29. The van der Waals surface area contributed by atoms with E-state index in [0.717, 1.165) is 16.9 Å². The van der Waals surface area contributed by atoms with Gasteiger partial charge in [0.1, 0.15) is 0 Å². The summed E-state index contributed by atoms with van der Waals surface area (Å²) < 4.78 is 10.7. The lowest BCUT2D eigenvalue weighted by atomic mass is 9.91. The van der Waals surface area contributed by atoms with Crippen molar-refractivity contribution in [2.75, 3.05) is 6.79 Å². The minimum Gasteiger partial charge on any atom is -0.453 e. The molecule has 82 valence electrons. The molecule has 1 aromatic carbocycles. The minimum absolute atomic E-state index is 0.227. The predicted octanol–water partition coefficient (Wildman–Crippen LogP) is 2.57. The summed E-state index contributed by atoms with van der Waals surface area (Å²) >= 11 is 6.09. The average molecular weight is 228 g/mol. The monoisotopic (exact) mass is 227 g/mol. The maximum Gasteiger partial charge on any atom is 0.231 e. The van der Waals surface area contributed by atoms with E-state index in [4.69, 9.17) is 26.8 Å². The fourth-order valence-electron chi connectivity index (χ4n) is 1.83. The van der Waals surface area contributed by atoms with Crippen molar-refractivity contribution in [1.82, 2.24) is 0 Å². The Hall–Kier alpha value is -0.930. The number of hydrogen-bond acceptors (Lipinski definition) is 3. The highest BCUT2D eigenvalue weighted by Crippen LogP contribution is 2.44. The highest BCUT2D eigenvalue weighted by molar-refractivity contribution is 6.32. The Kier molecular flexibility index (Phi) is 2.32. The van der Waals surface area contributed by atoms with Crippen LogP contribution in [0.4, 0.5) is 0 Å². The van der Waals surface area contributed by atoms with Crippen LogP contribution in [0.3, 0.4) is 0 Å². The SMILES string of the molecule is Cc1c(C(C)(C)N)cc(Cl)c2c1OCO2. The first kappa shape index (κ1) is 10.6. The number of halogens is 1. The number of fused-ring (bicyclic) bond motifs is 1. The Labute approximate surface area is 94.1 Å². The molecule has 0 aliphatic carbocycles. The molecule has 1 aliphatic rings. The molecule has 0 saturated heterocycles. The molecule has 0 saturated carbocycles. The van der Waals surface area contributed by atoms with Gasteiger partial charge in [0, 0.05) is 11.1 Å². The Morgan fingerprint density at radius 1 is 1.33 bits per heavy atom. The van der Waals surface area contributed by atoms with E-state index in [-0.39, 0.29) is 6.79 Å². The molecule has 1 aliphatic heterocycles. The maximum atomic E-state index is 6.09. The van der Waals surface area contributed by atoms with Gasteiger partial charge in [-0.2, -0.15) is 0 Å². The minimum atomic E-state index is -0.436.